The van der Waals surface area contributed by atoms with Crippen molar-refractivity contribution in [3.05, 3.63) is 87.5 Å². The van der Waals surface area contributed by atoms with Crippen LogP contribution in [0, 0.1) is 12.7 Å². The highest BCUT2D eigenvalue weighted by Crippen LogP contribution is 2.38. The number of carbonyl (C=O) groups is 1. The first kappa shape index (κ1) is 22.7. The van der Waals surface area contributed by atoms with Gasteiger partial charge in [0.05, 0.1) is 11.2 Å². The van der Waals surface area contributed by atoms with Gasteiger partial charge in [0.2, 0.25) is 5.43 Å². The fourth-order valence-electron chi connectivity index (χ4n) is 5.45. The lowest BCUT2D eigenvalue weighted by Gasteiger charge is -2.36. The normalized spacial score (nSPS) is 16.7. The lowest BCUT2D eigenvalue weighted by atomic mass is 10.00. The second-order valence-electron chi connectivity index (χ2n) is 9.99. The average molecular weight is 486 g/mol. The van der Waals surface area contributed by atoms with Crippen molar-refractivity contribution in [3.63, 3.8) is 0 Å². The molecule has 0 amide bonds. The Labute approximate surface area is 208 Å². The van der Waals surface area contributed by atoms with Crippen LogP contribution in [0.2, 0.25) is 0 Å². The van der Waals surface area contributed by atoms with Crippen LogP contribution in [0.25, 0.3) is 21.7 Å². The van der Waals surface area contributed by atoms with Crippen molar-refractivity contribution in [3.8, 4) is 0 Å². The van der Waals surface area contributed by atoms with Gasteiger partial charge in [-0.2, -0.15) is 0 Å². The number of carboxylic acids is 1. The number of aromatic carboxylic acids is 1. The van der Waals surface area contributed by atoms with Crippen LogP contribution in [0.15, 0.2) is 59.5 Å². The van der Waals surface area contributed by atoms with E-state index in [-0.39, 0.29) is 17.0 Å². The molecule has 1 aliphatic carbocycles. The van der Waals surface area contributed by atoms with E-state index in [0.29, 0.717) is 24.3 Å². The summed E-state index contributed by atoms with van der Waals surface area (Å²) in [7, 11) is 0. The van der Waals surface area contributed by atoms with Crippen molar-refractivity contribution in [2.24, 2.45) is 0 Å². The van der Waals surface area contributed by atoms with Crippen molar-refractivity contribution in [1.82, 2.24) is 9.47 Å². The minimum Gasteiger partial charge on any atom is -0.477 e. The highest BCUT2D eigenvalue weighted by molar-refractivity contribution is 5.93. The quantitative estimate of drug-likeness (QED) is 0.433. The molecule has 2 aliphatic rings. The average Bonchev–Trinajstić information content (AvgIpc) is 3.72. The Morgan fingerprint density at radius 3 is 2.42 bits per heavy atom. The topological polar surface area (TPSA) is 65.8 Å². The van der Waals surface area contributed by atoms with Gasteiger partial charge in [-0.25, -0.2) is 9.18 Å². The van der Waals surface area contributed by atoms with Crippen molar-refractivity contribution >= 4 is 33.3 Å². The largest absolute Gasteiger partial charge is 0.477 e. The summed E-state index contributed by atoms with van der Waals surface area (Å²) in [5, 5.41) is 12.1. The van der Waals surface area contributed by atoms with Gasteiger partial charge < -0.3 is 14.6 Å². The van der Waals surface area contributed by atoms with E-state index in [1.54, 1.807) is 6.07 Å². The number of rotatable bonds is 5. The summed E-state index contributed by atoms with van der Waals surface area (Å²) >= 11 is 0. The molecule has 6 rings (SSSR count). The van der Waals surface area contributed by atoms with Crippen LogP contribution in [0.5, 0.6) is 0 Å². The lowest BCUT2D eigenvalue weighted by molar-refractivity contribution is 0.0695. The summed E-state index contributed by atoms with van der Waals surface area (Å²) in [5.74, 6) is -1.76. The van der Waals surface area contributed by atoms with Crippen molar-refractivity contribution in [1.29, 1.82) is 0 Å². The Bertz CT molecular complexity index is 1570. The third-order valence-corrected chi connectivity index (χ3v) is 7.61. The van der Waals surface area contributed by atoms with Crippen LogP contribution in [-0.4, -0.2) is 46.7 Å². The monoisotopic (exact) mass is 485 g/mol. The Kier molecular flexibility index (Phi) is 5.52. The van der Waals surface area contributed by atoms with Gasteiger partial charge in [0.25, 0.3) is 0 Å². The van der Waals surface area contributed by atoms with Gasteiger partial charge >= 0.3 is 5.97 Å². The van der Waals surface area contributed by atoms with E-state index in [1.165, 1.54) is 34.2 Å². The van der Waals surface area contributed by atoms with E-state index in [9.17, 15) is 14.7 Å². The summed E-state index contributed by atoms with van der Waals surface area (Å²) in [6, 6.07) is 16.0. The molecule has 0 radical (unpaired) electrons. The van der Waals surface area contributed by atoms with Gasteiger partial charge in [0, 0.05) is 50.3 Å². The smallest absolute Gasteiger partial charge is 0.341 e. The molecule has 2 heterocycles. The highest BCUT2D eigenvalue weighted by Gasteiger charge is 2.28. The molecule has 36 heavy (non-hydrogen) atoms. The first-order chi connectivity index (χ1) is 17.4. The molecule has 1 saturated carbocycles. The number of hydrogen-bond donors (Lipinski definition) is 1. The van der Waals surface area contributed by atoms with Crippen molar-refractivity contribution in [2.45, 2.75) is 32.4 Å². The van der Waals surface area contributed by atoms with Crippen LogP contribution in [-0.2, 0) is 6.54 Å². The molecule has 6 nitrogen and oxygen atoms in total. The minimum absolute atomic E-state index is 0.132. The van der Waals surface area contributed by atoms with Crippen LogP contribution < -0.4 is 10.3 Å². The van der Waals surface area contributed by atoms with Gasteiger partial charge in [-0.05, 0) is 53.8 Å². The fourth-order valence-corrected chi connectivity index (χ4v) is 5.45. The zero-order valence-electron chi connectivity index (χ0n) is 20.2. The summed E-state index contributed by atoms with van der Waals surface area (Å²) in [6.45, 7) is 5.92. The number of aryl methyl sites for hydroxylation is 1. The molecule has 0 atom stereocenters. The van der Waals surface area contributed by atoms with Crippen LogP contribution in [0.1, 0.15) is 40.4 Å². The number of anilines is 1. The molecule has 0 bridgehead atoms. The molecule has 3 aromatic carbocycles. The third-order valence-electron chi connectivity index (χ3n) is 7.61. The Balaban J connectivity index is 1.26. The minimum atomic E-state index is -1.28. The van der Waals surface area contributed by atoms with Crippen molar-refractivity contribution < 1.29 is 14.3 Å². The maximum atomic E-state index is 15.3. The third kappa shape index (κ3) is 3.93. The van der Waals surface area contributed by atoms with E-state index in [4.69, 9.17) is 0 Å². The predicted octanol–water partition coefficient (Wildman–Crippen LogP) is 4.96. The summed E-state index contributed by atoms with van der Waals surface area (Å²) in [4.78, 5) is 28.8. The van der Waals surface area contributed by atoms with E-state index in [0.717, 1.165) is 32.5 Å². The van der Waals surface area contributed by atoms with E-state index < -0.39 is 17.2 Å². The molecule has 1 aromatic heterocycles. The second kappa shape index (κ2) is 8.75. The first-order valence-corrected chi connectivity index (χ1v) is 12.5. The zero-order valence-corrected chi connectivity index (χ0v) is 20.2. The predicted molar refractivity (Wildman–Crippen MR) is 140 cm³/mol. The SMILES string of the molecule is Cc1ccc(CN2CCN(c3cc4c(cc3F)c(=O)c(C(=O)O)cn4C3CC3)CC2)c2ccccc12. The van der Waals surface area contributed by atoms with Crippen LogP contribution in [0.3, 0.4) is 0 Å². The number of benzene rings is 3. The molecule has 0 spiro atoms. The summed E-state index contributed by atoms with van der Waals surface area (Å²) in [6.07, 6.45) is 3.28. The van der Waals surface area contributed by atoms with Crippen molar-refractivity contribution in [2.75, 3.05) is 31.1 Å². The van der Waals surface area contributed by atoms with Crippen LogP contribution in [0.4, 0.5) is 10.1 Å². The number of piperazine rings is 1. The Hall–Kier alpha value is -3.71. The summed E-state index contributed by atoms with van der Waals surface area (Å²) < 4.78 is 17.1. The van der Waals surface area contributed by atoms with E-state index in [2.05, 4.69) is 48.2 Å². The fraction of sp³-hybridized carbons (Fsp3) is 0.310. The molecule has 2 fully saturated rings. The van der Waals surface area contributed by atoms with Gasteiger partial charge in [0.1, 0.15) is 11.4 Å². The van der Waals surface area contributed by atoms with Gasteiger partial charge in [-0.3, -0.25) is 9.69 Å². The first-order valence-electron chi connectivity index (χ1n) is 12.5. The van der Waals surface area contributed by atoms with Gasteiger partial charge in [0.15, 0.2) is 0 Å². The number of carboxylic acid groups (broad SMARTS) is 1. The second-order valence-corrected chi connectivity index (χ2v) is 9.99. The standard InChI is InChI=1S/C29H28FN3O3/c1-18-6-7-19(22-5-3-2-4-21(18)22)16-31-10-12-32(13-11-31)27-15-26-23(14-25(27)30)28(34)24(29(35)36)17-33(26)20-8-9-20/h2-7,14-15,17,20H,8-13,16H2,1H3,(H,35,36). The molecule has 4 aromatic rings. The molecule has 0 unspecified atom stereocenters. The van der Waals surface area contributed by atoms with Crippen LogP contribution >= 0.6 is 0 Å². The molecular weight excluding hydrogens is 457 g/mol. The number of fused-ring (bicyclic) bond motifs is 2. The molecule has 1 aliphatic heterocycles. The maximum absolute atomic E-state index is 15.3. The number of aromatic nitrogens is 1. The van der Waals surface area contributed by atoms with E-state index in [1.807, 2.05) is 9.47 Å². The highest BCUT2D eigenvalue weighted by atomic mass is 19.1. The molecular formula is C29H28FN3O3. The molecule has 7 heteroatoms. The molecule has 184 valence electrons. The lowest BCUT2D eigenvalue weighted by Crippen LogP contribution is -2.46. The Morgan fingerprint density at radius 1 is 1.00 bits per heavy atom. The summed E-state index contributed by atoms with van der Waals surface area (Å²) in [5.41, 5.74) is 2.71. The number of nitrogens with zero attached hydrogens (tertiary/aromatic N) is 3. The molecule has 1 saturated heterocycles. The van der Waals surface area contributed by atoms with Gasteiger partial charge in [-0.15, -0.1) is 0 Å². The number of hydrogen-bond acceptors (Lipinski definition) is 4. The zero-order chi connectivity index (χ0) is 25.0. The van der Waals surface area contributed by atoms with E-state index >= 15 is 4.39 Å². The maximum Gasteiger partial charge on any atom is 0.341 e. The molecule has 1 N–H and O–H groups in total. The Morgan fingerprint density at radius 2 is 1.72 bits per heavy atom. The number of halogens is 1. The van der Waals surface area contributed by atoms with Gasteiger partial charge in [-0.1, -0.05) is 36.4 Å². The number of pyridine rings is 1.